The predicted octanol–water partition coefficient (Wildman–Crippen LogP) is 1.98. The van der Waals surface area contributed by atoms with E-state index < -0.39 is 0 Å². The number of rotatable bonds is 2. The Bertz CT molecular complexity index is 660. The number of nitrogens with one attached hydrogen (secondary N) is 1. The van der Waals surface area contributed by atoms with Gasteiger partial charge in [-0.3, -0.25) is 0 Å². The second-order valence-corrected chi connectivity index (χ2v) is 3.97. The van der Waals surface area contributed by atoms with E-state index in [0.717, 1.165) is 11.3 Å². The van der Waals surface area contributed by atoms with Crippen LogP contribution in [0.1, 0.15) is 17.3 Å². The van der Waals surface area contributed by atoms with Gasteiger partial charge in [0.1, 0.15) is 6.33 Å². The van der Waals surface area contributed by atoms with Gasteiger partial charge in [-0.25, -0.2) is 14.5 Å². The molecule has 6 nitrogen and oxygen atoms in total. The van der Waals surface area contributed by atoms with Gasteiger partial charge in [-0.2, -0.15) is 5.10 Å². The number of hydrogen-bond acceptors (Lipinski definition) is 5. The maximum atomic E-state index is 11.8. The molecule has 1 N–H and O–H groups in total. The van der Waals surface area contributed by atoms with Gasteiger partial charge in [0, 0.05) is 23.7 Å². The van der Waals surface area contributed by atoms with Crippen LogP contribution in [-0.4, -0.2) is 27.3 Å². The molecule has 0 aliphatic carbocycles. The number of benzene rings is 1. The molecule has 19 heavy (non-hydrogen) atoms. The normalized spacial score (nSPS) is 12.1. The third kappa shape index (κ3) is 1.97. The monoisotopic (exact) mass is 256 g/mol. The Hall–Kier alpha value is -2.63. The van der Waals surface area contributed by atoms with Crippen molar-refractivity contribution in [3.05, 3.63) is 36.3 Å². The van der Waals surface area contributed by atoms with E-state index in [-0.39, 0.29) is 5.97 Å². The minimum absolute atomic E-state index is 0.339. The van der Waals surface area contributed by atoms with Crippen molar-refractivity contribution in [2.45, 2.75) is 6.92 Å². The molecule has 1 aliphatic rings. The van der Waals surface area contributed by atoms with Crippen molar-refractivity contribution in [2.24, 2.45) is 0 Å². The summed E-state index contributed by atoms with van der Waals surface area (Å²) in [6.07, 6.45) is 5.02. The summed E-state index contributed by atoms with van der Waals surface area (Å²) in [6, 6.07) is 5.31. The Kier molecular flexibility index (Phi) is 2.75. The molecule has 0 atom stereocenters. The largest absolute Gasteiger partial charge is 0.462 e. The Morgan fingerprint density at radius 2 is 2.37 bits per heavy atom. The molecule has 0 saturated carbocycles. The Balaban J connectivity index is 2.10. The lowest BCUT2D eigenvalue weighted by Gasteiger charge is -2.08. The quantitative estimate of drug-likeness (QED) is 0.832. The standard InChI is InChI=1S/C13H12N4O2/c1-2-19-13(18)9-3-4-11-10(7-9)12-15-8-16-17(12)6-5-14-11/h3-8,14H,2H2,1H3. The van der Waals surface area contributed by atoms with E-state index in [1.807, 2.05) is 6.07 Å². The van der Waals surface area contributed by atoms with Crippen molar-refractivity contribution in [2.75, 3.05) is 11.9 Å². The molecule has 2 aromatic rings. The summed E-state index contributed by atoms with van der Waals surface area (Å²) < 4.78 is 6.65. The summed E-state index contributed by atoms with van der Waals surface area (Å²) in [5.74, 6) is 0.343. The number of anilines is 1. The molecule has 2 heterocycles. The zero-order valence-corrected chi connectivity index (χ0v) is 10.3. The second kappa shape index (κ2) is 4.56. The first-order valence-corrected chi connectivity index (χ1v) is 5.94. The lowest BCUT2D eigenvalue weighted by atomic mass is 10.1. The van der Waals surface area contributed by atoms with Crippen molar-refractivity contribution in [1.29, 1.82) is 0 Å². The van der Waals surface area contributed by atoms with E-state index in [1.165, 1.54) is 6.33 Å². The molecule has 3 rings (SSSR count). The average Bonchev–Trinajstić information content (AvgIpc) is 2.81. The predicted molar refractivity (Wildman–Crippen MR) is 70.4 cm³/mol. The molecule has 96 valence electrons. The highest BCUT2D eigenvalue weighted by Gasteiger charge is 2.16. The molecule has 0 amide bonds. The van der Waals surface area contributed by atoms with Gasteiger partial charge in [0.25, 0.3) is 0 Å². The van der Waals surface area contributed by atoms with Crippen molar-refractivity contribution in [3.8, 4) is 11.4 Å². The van der Waals surface area contributed by atoms with Crippen LogP contribution in [0.25, 0.3) is 17.6 Å². The summed E-state index contributed by atoms with van der Waals surface area (Å²) >= 11 is 0. The fraction of sp³-hybridized carbons (Fsp3) is 0.154. The highest BCUT2D eigenvalue weighted by atomic mass is 16.5. The Labute approximate surface area is 109 Å². The highest BCUT2D eigenvalue weighted by molar-refractivity contribution is 5.93. The van der Waals surface area contributed by atoms with Crippen molar-refractivity contribution in [1.82, 2.24) is 14.8 Å². The van der Waals surface area contributed by atoms with Crippen LogP contribution in [0.4, 0.5) is 5.69 Å². The van der Waals surface area contributed by atoms with Crippen molar-refractivity contribution in [3.63, 3.8) is 0 Å². The summed E-state index contributed by atoms with van der Waals surface area (Å²) in [5, 5.41) is 7.21. The molecule has 0 bridgehead atoms. The van der Waals surface area contributed by atoms with Crippen molar-refractivity contribution < 1.29 is 9.53 Å². The van der Waals surface area contributed by atoms with Gasteiger partial charge in [0.15, 0.2) is 5.82 Å². The third-order valence-electron chi connectivity index (χ3n) is 2.80. The lowest BCUT2D eigenvalue weighted by molar-refractivity contribution is 0.0526. The molecule has 0 saturated heterocycles. The van der Waals surface area contributed by atoms with Crippen LogP contribution in [-0.2, 0) is 4.74 Å². The zero-order valence-electron chi connectivity index (χ0n) is 10.3. The summed E-state index contributed by atoms with van der Waals surface area (Å²) in [7, 11) is 0. The number of ether oxygens (including phenoxy) is 1. The van der Waals surface area contributed by atoms with E-state index in [2.05, 4.69) is 15.4 Å². The minimum Gasteiger partial charge on any atom is -0.462 e. The number of carbonyl (C=O) groups is 1. The molecule has 6 heteroatoms. The van der Waals surface area contributed by atoms with Crippen LogP contribution in [0.15, 0.2) is 30.7 Å². The van der Waals surface area contributed by atoms with Gasteiger partial charge in [-0.05, 0) is 25.1 Å². The van der Waals surface area contributed by atoms with Crippen LogP contribution in [0.2, 0.25) is 0 Å². The van der Waals surface area contributed by atoms with Gasteiger partial charge >= 0.3 is 5.97 Å². The van der Waals surface area contributed by atoms with Crippen molar-refractivity contribution >= 4 is 17.9 Å². The minimum atomic E-state index is -0.339. The first-order valence-electron chi connectivity index (χ1n) is 5.94. The third-order valence-corrected chi connectivity index (χ3v) is 2.80. The fourth-order valence-corrected chi connectivity index (χ4v) is 1.95. The van der Waals surface area contributed by atoms with Gasteiger partial charge in [0.05, 0.1) is 12.2 Å². The smallest absolute Gasteiger partial charge is 0.338 e. The fourth-order valence-electron chi connectivity index (χ4n) is 1.95. The van der Waals surface area contributed by atoms with E-state index >= 15 is 0 Å². The average molecular weight is 256 g/mol. The van der Waals surface area contributed by atoms with Gasteiger partial charge in [-0.15, -0.1) is 0 Å². The van der Waals surface area contributed by atoms with Gasteiger partial charge < -0.3 is 10.1 Å². The Morgan fingerprint density at radius 1 is 1.47 bits per heavy atom. The molecular formula is C13H12N4O2. The Morgan fingerprint density at radius 3 is 3.21 bits per heavy atom. The van der Waals surface area contributed by atoms with E-state index in [4.69, 9.17) is 4.74 Å². The molecule has 0 fully saturated rings. The van der Waals surface area contributed by atoms with Crippen LogP contribution < -0.4 is 5.32 Å². The maximum Gasteiger partial charge on any atom is 0.338 e. The number of nitrogens with zero attached hydrogens (tertiary/aromatic N) is 3. The van der Waals surface area contributed by atoms with Crippen LogP contribution in [0.5, 0.6) is 0 Å². The number of aromatic nitrogens is 3. The number of esters is 1. The molecule has 0 radical (unpaired) electrons. The lowest BCUT2D eigenvalue weighted by Crippen LogP contribution is -2.05. The van der Waals surface area contributed by atoms with E-state index in [1.54, 1.807) is 36.1 Å². The van der Waals surface area contributed by atoms with Crippen LogP contribution in [0.3, 0.4) is 0 Å². The molecule has 1 aliphatic heterocycles. The maximum absolute atomic E-state index is 11.8. The summed E-state index contributed by atoms with van der Waals surface area (Å²) in [6.45, 7) is 2.13. The first kappa shape index (κ1) is 11.5. The second-order valence-electron chi connectivity index (χ2n) is 3.97. The topological polar surface area (TPSA) is 69.0 Å². The summed E-state index contributed by atoms with van der Waals surface area (Å²) in [5.41, 5.74) is 2.18. The number of carbonyl (C=O) groups excluding carboxylic acids is 1. The van der Waals surface area contributed by atoms with E-state index in [9.17, 15) is 4.79 Å². The summed E-state index contributed by atoms with van der Waals surface area (Å²) in [4.78, 5) is 16.0. The molecule has 0 unspecified atom stereocenters. The van der Waals surface area contributed by atoms with Crippen LogP contribution >= 0.6 is 0 Å². The molecule has 1 aromatic carbocycles. The number of hydrogen-bond donors (Lipinski definition) is 1. The zero-order chi connectivity index (χ0) is 13.2. The molecule has 0 spiro atoms. The molecular weight excluding hydrogens is 244 g/mol. The SMILES string of the molecule is CCOC(=O)c1ccc2c(c1)-c1ncnn1C=CN2. The van der Waals surface area contributed by atoms with Crippen LogP contribution in [0, 0.1) is 0 Å². The van der Waals surface area contributed by atoms with Gasteiger partial charge in [-0.1, -0.05) is 0 Å². The molecule has 1 aromatic heterocycles. The highest BCUT2D eigenvalue weighted by Crippen LogP contribution is 2.29. The van der Waals surface area contributed by atoms with Gasteiger partial charge in [0.2, 0.25) is 0 Å². The van der Waals surface area contributed by atoms with E-state index in [0.29, 0.717) is 18.0 Å². The number of fused-ring (bicyclic) bond motifs is 3. The first-order chi connectivity index (χ1) is 9.29.